The molecule has 4 nitrogen and oxygen atoms in total. The van der Waals surface area contributed by atoms with E-state index in [1.807, 2.05) is 50.2 Å². The van der Waals surface area contributed by atoms with E-state index in [0.29, 0.717) is 11.7 Å². The molecule has 2 aromatic carbocycles. The van der Waals surface area contributed by atoms with Gasteiger partial charge in [-0.1, -0.05) is 44.2 Å². The first-order valence-electron chi connectivity index (χ1n) is 9.26. The van der Waals surface area contributed by atoms with Crippen LogP contribution >= 0.6 is 15.9 Å². The largest absolute Gasteiger partial charge is 0.482 e. The number of hydrogen-bond acceptors (Lipinski definition) is 3. The monoisotopic (exact) mass is 428 g/mol. The molecule has 142 valence electrons. The Morgan fingerprint density at radius 1 is 1.19 bits per heavy atom. The molecule has 5 heteroatoms. The third-order valence-electron chi connectivity index (χ3n) is 4.83. The summed E-state index contributed by atoms with van der Waals surface area (Å²) in [5.74, 6) is 1.12. The predicted octanol–water partition coefficient (Wildman–Crippen LogP) is 5.72. The molecule has 0 N–H and O–H groups in total. The Morgan fingerprint density at radius 2 is 1.93 bits per heavy atom. The molecule has 0 unspecified atom stereocenters. The maximum absolute atomic E-state index is 12.7. The zero-order valence-electron chi connectivity index (χ0n) is 16.3. The van der Waals surface area contributed by atoms with Gasteiger partial charge in [-0.3, -0.25) is 4.79 Å². The van der Waals surface area contributed by atoms with Gasteiger partial charge in [0.1, 0.15) is 5.75 Å². The molecule has 0 bridgehead atoms. The van der Waals surface area contributed by atoms with E-state index in [1.54, 1.807) is 0 Å². The maximum Gasteiger partial charge on any atom is 0.284 e. The van der Waals surface area contributed by atoms with Crippen molar-refractivity contribution >= 4 is 32.6 Å². The van der Waals surface area contributed by atoms with Crippen LogP contribution in [0.2, 0.25) is 0 Å². The average Bonchev–Trinajstić information content (AvgIpc) is 2.93. The third kappa shape index (κ3) is 4.24. The van der Waals surface area contributed by atoms with Gasteiger partial charge < -0.3 is 4.74 Å². The maximum atomic E-state index is 12.7. The van der Waals surface area contributed by atoms with Crippen molar-refractivity contribution in [2.75, 3.05) is 6.61 Å². The van der Waals surface area contributed by atoms with E-state index in [0.717, 1.165) is 39.5 Å². The number of halogens is 1. The van der Waals surface area contributed by atoms with Crippen molar-refractivity contribution in [2.45, 2.75) is 40.5 Å². The average molecular weight is 429 g/mol. The fraction of sp³-hybridized carbons (Fsp3) is 0.364. The van der Waals surface area contributed by atoms with Crippen LogP contribution in [0, 0.1) is 19.8 Å². The van der Waals surface area contributed by atoms with Crippen molar-refractivity contribution in [2.24, 2.45) is 5.92 Å². The van der Waals surface area contributed by atoms with E-state index in [2.05, 4.69) is 34.9 Å². The SMILES string of the molecule is Cc1nn(C(=O)COc2ccc3ccccc3c2Br)c(C)c1CCC(C)C. The van der Waals surface area contributed by atoms with Gasteiger partial charge in [-0.2, -0.15) is 5.10 Å². The van der Waals surface area contributed by atoms with Crippen molar-refractivity contribution in [1.29, 1.82) is 0 Å². The smallest absolute Gasteiger partial charge is 0.284 e. The summed E-state index contributed by atoms with van der Waals surface area (Å²) in [6.07, 6.45) is 2.03. The highest BCUT2D eigenvalue weighted by atomic mass is 79.9. The molecule has 0 radical (unpaired) electrons. The van der Waals surface area contributed by atoms with Crippen LogP contribution in [0.4, 0.5) is 0 Å². The zero-order chi connectivity index (χ0) is 19.6. The minimum atomic E-state index is -0.161. The molecule has 0 saturated carbocycles. The first-order valence-corrected chi connectivity index (χ1v) is 10.1. The van der Waals surface area contributed by atoms with E-state index in [4.69, 9.17) is 4.74 Å². The van der Waals surface area contributed by atoms with Crippen molar-refractivity contribution in [1.82, 2.24) is 9.78 Å². The minimum Gasteiger partial charge on any atom is -0.482 e. The van der Waals surface area contributed by atoms with Crippen LogP contribution in [0.3, 0.4) is 0 Å². The van der Waals surface area contributed by atoms with E-state index in [1.165, 1.54) is 10.2 Å². The van der Waals surface area contributed by atoms with Crippen LogP contribution < -0.4 is 4.74 Å². The molecule has 0 fully saturated rings. The third-order valence-corrected chi connectivity index (χ3v) is 5.65. The van der Waals surface area contributed by atoms with Gasteiger partial charge in [0, 0.05) is 5.69 Å². The van der Waals surface area contributed by atoms with Gasteiger partial charge >= 0.3 is 0 Å². The summed E-state index contributed by atoms with van der Waals surface area (Å²) in [5, 5.41) is 6.63. The number of hydrogen-bond donors (Lipinski definition) is 0. The van der Waals surface area contributed by atoms with E-state index >= 15 is 0 Å². The number of carbonyl (C=O) groups excluding carboxylic acids is 1. The number of nitrogens with zero attached hydrogens (tertiary/aromatic N) is 2. The van der Waals surface area contributed by atoms with E-state index < -0.39 is 0 Å². The predicted molar refractivity (Wildman–Crippen MR) is 113 cm³/mol. The van der Waals surface area contributed by atoms with Gasteiger partial charge in [0.2, 0.25) is 0 Å². The quantitative estimate of drug-likeness (QED) is 0.503. The standard InChI is InChI=1S/C22H25BrN2O2/c1-14(2)9-11-18-15(3)24-25(16(18)4)21(26)13-27-20-12-10-17-7-5-6-8-19(17)22(20)23/h5-8,10,12,14H,9,11,13H2,1-4H3. The zero-order valence-corrected chi connectivity index (χ0v) is 17.8. The molecule has 1 aromatic heterocycles. The second kappa shape index (κ2) is 8.26. The normalized spacial score (nSPS) is 11.3. The van der Waals surface area contributed by atoms with Crippen molar-refractivity contribution < 1.29 is 9.53 Å². The first-order chi connectivity index (χ1) is 12.9. The van der Waals surface area contributed by atoms with Crippen LogP contribution in [-0.2, 0) is 6.42 Å². The summed E-state index contributed by atoms with van der Waals surface area (Å²) in [6.45, 7) is 8.28. The fourth-order valence-corrected chi connectivity index (χ4v) is 3.85. The van der Waals surface area contributed by atoms with Crippen molar-refractivity contribution in [3.05, 3.63) is 57.8 Å². The molecule has 0 aliphatic carbocycles. The number of rotatable bonds is 6. The lowest BCUT2D eigenvalue weighted by atomic mass is 10.0. The lowest BCUT2D eigenvalue weighted by Gasteiger charge is -2.10. The van der Waals surface area contributed by atoms with Gasteiger partial charge in [0.05, 0.1) is 10.2 Å². The van der Waals surface area contributed by atoms with Crippen molar-refractivity contribution in [3.8, 4) is 5.75 Å². The Balaban J connectivity index is 1.75. The molecule has 3 aromatic rings. The Bertz CT molecular complexity index is 976. The first kappa shape index (κ1) is 19.6. The molecule has 0 aliphatic heterocycles. The van der Waals surface area contributed by atoms with Crippen molar-refractivity contribution in [3.63, 3.8) is 0 Å². The van der Waals surface area contributed by atoms with E-state index in [9.17, 15) is 4.79 Å². The number of benzene rings is 2. The summed E-state index contributed by atoms with van der Waals surface area (Å²) in [5.41, 5.74) is 3.01. The Hall–Kier alpha value is -2.14. The number of aryl methyl sites for hydroxylation is 1. The molecular weight excluding hydrogens is 404 g/mol. The van der Waals surface area contributed by atoms with Gasteiger partial charge in [0.15, 0.2) is 6.61 Å². The molecule has 3 rings (SSSR count). The van der Waals surface area contributed by atoms with Crippen LogP contribution in [0.5, 0.6) is 5.75 Å². The second-order valence-electron chi connectivity index (χ2n) is 7.27. The van der Waals surface area contributed by atoms with Gasteiger partial charge in [-0.05, 0) is 70.9 Å². The van der Waals surface area contributed by atoms with Crippen LogP contribution in [-0.4, -0.2) is 22.3 Å². The second-order valence-corrected chi connectivity index (χ2v) is 8.07. The highest BCUT2D eigenvalue weighted by Gasteiger charge is 2.18. The van der Waals surface area contributed by atoms with Crippen LogP contribution in [0.25, 0.3) is 10.8 Å². The lowest BCUT2D eigenvalue weighted by Crippen LogP contribution is -2.22. The number of aromatic nitrogens is 2. The lowest BCUT2D eigenvalue weighted by molar-refractivity contribution is 0.0817. The summed E-state index contributed by atoms with van der Waals surface area (Å²) < 4.78 is 8.15. The van der Waals surface area contributed by atoms with Gasteiger partial charge in [0.25, 0.3) is 5.91 Å². The molecule has 0 amide bonds. The minimum absolute atomic E-state index is 0.0531. The molecule has 0 spiro atoms. The highest BCUT2D eigenvalue weighted by molar-refractivity contribution is 9.10. The summed E-state index contributed by atoms with van der Waals surface area (Å²) in [4.78, 5) is 12.7. The van der Waals surface area contributed by atoms with Crippen LogP contribution in [0.1, 0.15) is 42.0 Å². The summed E-state index contributed by atoms with van der Waals surface area (Å²) >= 11 is 3.59. The molecule has 0 saturated heterocycles. The summed E-state index contributed by atoms with van der Waals surface area (Å²) in [7, 11) is 0. The molecular formula is C22H25BrN2O2. The van der Waals surface area contributed by atoms with E-state index in [-0.39, 0.29) is 12.5 Å². The Kier molecular flexibility index (Phi) is 6.00. The highest BCUT2D eigenvalue weighted by Crippen LogP contribution is 2.33. The fourth-order valence-electron chi connectivity index (χ4n) is 3.24. The Morgan fingerprint density at radius 3 is 2.67 bits per heavy atom. The molecule has 0 aliphatic rings. The molecule has 1 heterocycles. The molecule has 0 atom stereocenters. The number of carbonyl (C=O) groups is 1. The summed E-state index contributed by atoms with van der Waals surface area (Å²) in [6, 6.07) is 11.9. The number of fused-ring (bicyclic) bond motifs is 1. The van der Waals surface area contributed by atoms with Crippen LogP contribution in [0.15, 0.2) is 40.9 Å². The molecule has 27 heavy (non-hydrogen) atoms. The number of ether oxygens (including phenoxy) is 1. The van der Waals surface area contributed by atoms with Gasteiger partial charge in [-0.15, -0.1) is 0 Å². The topological polar surface area (TPSA) is 44.1 Å². The van der Waals surface area contributed by atoms with Gasteiger partial charge in [-0.25, -0.2) is 4.68 Å². The Labute approximate surface area is 168 Å².